The summed E-state index contributed by atoms with van der Waals surface area (Å²) < 4.78 is 1.65. The number of amides is 1. The second-order valence-corrected chi connectivity index (χ2v) is 7.03. The van der Waals surface area contributed by atoms with Crippen molar-refractivity contribution in [2.75, 3.05) is 18.0 Å². The predicted octanol–water partition coefficient (Wildman–Crippen LogP) is 0.0916. The molecular weight excluding hydrogens is 334 g/mol. The van der Waals surface area contributed by atoms with Crippen molar-refractivity contribution in [2.24, 2.45) is 0 Å². The summed E-state index contributed by atoms with van der Waals surface area (Å²) in [6.45, 7) is 2.00. The molecule has 0 aromatic carbocycles. The van der Waals surface area contributed by atoms with Crippen LogP contribution >= 0.6 is 0 Å². The minimum atomic E-state index is -0.269. The van der Waals surface area contributed by atoms with E-state index in [-0.39, 0.29) is 18.1 Å². The fraction of sp³-hybridized carbons (Fsp3) is 0.588. The van der Waals surface area contributed by atoms with Crippen molar-refractivity contribution in [3.05, 3.63) is 30.7 Å². The number of aliphatic hydroxyl groups excluding tert-OH is 1. The van der Waals surface area contributed by atoms with E-state index in [0.717, 1.165) is 37.3 Å². The van der Waals surface area contributed by atoms with Crippen molar-refractivity contribution in [1.29, 1.82) is 0 Å². The lowest BCUT2D eigenvalue weighted by molar-refractivity contribution is -0.122. The van der Waals surface area contributed by atoms with Crippen molar-refractivity contribution in [2.45, 2.75) is 50.3 Å². The van der Waals surface area contributed by atoms with E-state index in [1.807, 2.05) is 6.07 Å². The maximum atomic E-state index is 12.0. The summed E-state index contributed by atoms with van der Waals surface area (Å²) in [5.41, 5.74) is 1.02. The van der Waals surface area contributed by atoms with E-state index in [4.69, 9.17) is 0 Å². The molecular formula is C17H23N7O2. The van der Waals surface area contributed by atoms with E-state index >= 15 is 0 Å². The molecule has 1 aliphatic heterocycles. The molecule has 2 N–H and O–H groups in total. The van der Waals surface area contributed by atoms with Crippen molar-refractivity contribution in [1.82, 2.24) is 30.0 Å². The molecule has 2 aromatic heterocycles. The van der Waals surface area contributed by atoms with Crippen LogP contribution < -0.4 is 10.2 Å². The predicted molar refractivity (Wildman–Crippen MR) is 93.4 cm³/mol. The number of hydrogen-bond donors (Lipinski definition) is 2. The van der Waals surface area contributed by atoms with Gasteiger partial charge >= 0.3 is 0 Å². The van der Waals surface area contributed by atoms with Crippen molar-refractivity contribution >= 4 is 11.7 Å². The van der Waals surface area contributed by atoms with Gasteiger partial charge in [-0.15, -0.1) is 0 Å². The van der Waals surface area contributed by atoms with Crippen LogP contribution in [-0.2, 0) is 11.3 Å². The lowest BCUT2D eigenvalue weighted by atomic mass is 9.78. The fourth-order valence-corrected chi connectivity index (χ4v) is 3.55. The summed E-state index contributed by atoms with van der Waals surface area (Å²) in [7, 11) is 0. The zero-order chi connectivity index (χ0) is 17.9. The highest BCUT2D eigenvalue weighted by Gasteiger charge is 2.33. The molecule has 9 heteroatoms. The van der Waals surface area contributed by atoms with E-state index in [9.17, 15) is 9.90 Å². The van der Waals surface area contributed by atoms with Crippen molar-refractivity contribution < 1.29 is 9.90 Å². The van der Waals surface area contributed by atoms with E-state index in [1.54, 1.807) is 17.3 Å². The minimum absolute atomic E-state index is 0.0402. The van der Waals surface area contributed by atoms with E-state index < -0.39 is 0 Å². The Morgan fingerprint density at radius 3 is 2.92 bits per heavy atom. The van der Waals surface area contributed by atoms with Gasteiger partial charge in [0.05, 0.1) is 12.6 Å². The first-order valence-electron chi connectivity index (χ1n) is 9.04. The number of aliphatic hydroxyl groups is 1. The highest BCUT2D eigenvalue weighted by molar-refractivity contribution is 5.76. The third-order valence-corrected chi connectivity index (χ3v) is 5.12. The molecule has 1 saturated heterocycles. The summed E-state index contributed by atoms with van der Waals surface area (Å²) >= 11 is 0. The summed E-state index contributed by atoms with van der Waals surface area (Å²) in [6.07, 6.45) is 7.38. The number of aromatic nitrogens is 5. The van der Waals surface area contributed by atoms with E-state index in [0.29, 0.717) is 25.4 Å². The van der Waals surface area contributed by atoms with Crippen LogP contribution in [0.4, 0.5) is 5.82 Å². The quantitative estimate of drug-likeness (QED) is 0.754. The molecule has 1 saturated carbocycles. The lowest BCUT2D eigenvalue weighted by Crippen LogP contribution is -2.43. The lowest BCUT2D eigenvalue weighted by Gasteiger charge is -2.35. The SMILES string of the molecule is O=C(CCn1cncn1)NC1CC(c2cc(N3CCC(O)C3)ncn2)C1. The summed E-state index contributed by atoms with van der Waals surface area (Å²) in [6, 6.07) is 2.22. The molecule has 0 bridgehead atoms. The molecule has 2 fully saturated rings. The smallest absolute Gasteiger partial charge is 0.222 e. The normalized spacial score (nSPS) is 25.1. The molecule has 2 aromatic rings. The van der Waals surface area contributed by atoms with Gasteiger partial charge in [0.15, 0.2) is 0 Å². The van der Waals surface area contributed by atoms with Crippen LogP contribution in [0.15, 0.2) is 25.0 Å². The van der Waals surface area contributed by atoms with Gasteiger partial charge in [-0.05, 0) is 19.3 Å². The Balaban J connectivity index is 1.25. The van der Waals surface area contributed by atoms with Crippen LogP contribution in [0.3, 0.4) is 0 Å². The molecule has 4 rings (SSSR count). The van der Waals surface area contributed by atoms with Crippen LogP contribution in [0.5, 0.6) is 0 Å². The topological polar surface area (TPSA) is 109 Å². The highest BCUT2D eigenvalue weighted by atomic mass is 16.3. The molecule has 1 amide bonds. The molecule has 0 spiro atoms. The van der Waals surface area contributed by atoms with Gasteiger partial charge in [-0.1, -0.05) is 0 Å². The first-order valence-corrected chi connectivity index (χ1v) is 9.04. The summed E-state index contributed by atoms with van der Waals surface area (Å²) in [5.74, 6) is 1.27. The second-order valence-electron chi connectivity index (χ2n) is 7.03. The van der Waals surface area contributed by atoms with E-state index in [1.165, 1.54) is 6.33 Å². The Hall–Kier alpha value is -2.55. The van der Waals surface area contributed by atoms with Crippen molar-refractivity contribution in [3.63, 3.8) is 0 Å². The Kier molecular flexibility index (Phi) is 4.79. The van der Waals surface area contributed by atoms with Gasteiger partial charge in [-0.2, -0.15) is 5.10 Å². The average Bonchev–Trinajstić information content (AvgIpc) is 3.27. The number of carbonyl (C=O) groups excluding carboxylic acids is 1. The van der Waals surface area contributed by atoms with Gasteiger partial charge in [-0.3, -0.25) is 9.48 Å². The molecule has 9 nitrogen and oxygen atoms in total. The molecule has 1 aliphatic carbocycles. The molecule has 2 aliphatic rings. The van der Waals surface area contributed by atoms with Gasteiger partial charge in [0.25, 0.3) is 0 Å². The number of hydrogen-bond acceptors (Lipinski definition) is 7. The van der Waals surface area contributed by atoms with Gasteiger partial charge in [0.1, 0.15) is 24.8 Å². The Labute approximate surface area is 151 Å². The fourth-order valence-electron chi connectivity index (χ4n) is 3.55. The maximum absolute atomic E-state index is 12.0. The number of nitrogens with zero attached hydrogens (tertiary/aromatic N) is 6. The first-order chi connectivity index (χ1) is 12.7. The molecule has 0 radical (unpaired) electrons. The number of carbonyl (C=O) groups is 1. The molecule has 1 unspecified atom stereocenters. The zero-order valence-electron chi connectivity index (χ0n) is 14.5. The number of nitrogens with one attached hydrogen (secondary N) is 1. The van der Waals surface area contributed by atoms with Crippen LogP contribution in [0.2, 0.25) is 0 Å². The first kappa shape index (κ1) is 16.9. The Morgan fingerprint density at radius 2 is 2.19 bits per heavy atom. The van der Waals surface area contributed by atoms with E-state index in [2.05, 4.69) is 30.3 Å². The number of aryl methyl sites for hydroxylation is 1. The van der Waals surface area contributed by atoms with Gasteiger partial charge in [0.2, 0.25) is 5.91 Å². The number of rotatable bonds is 6. The standard InChI is InChI=1S/C17H23N7O2/c25-14-1-3-23(8-14)16-7-15(19-10-20-16)12-5-13(6-12)22-17(26)2-4-24-11-18-9-21-24/h7,9-14,25H,1-6,8H2,(H,22,26). The van der Waals surface area contributed by atoms with Crippen LogP contribution in [0.1, 0.15) is 37.3 Å². The van der Waals surface area contributed by atoms with Crippen LogP contribution in [0, 0.1) is 0 Å². The van der Waals surface area contributed by atoms with Gasteiger partial charge in [0, 0.05) is 43.2 Å². The summed E-state index contributed by atoms with van der Waals surface area (Å²) in [5, 5.41) is 16.7. The molecule has 3 heterocycles. The average molecular weight is 357 g/mol. The van der Waals surface area contributed by atoms with Crippen molar-refractivity contribution in [3.8, 4) is 0 Å². The molecule has 138 valence electrons. The Morgan fingerprint density at radius 1 is 1.31 bits per heavy atom. The Bertz CT molecular complexity index is 745. The minimum Gasteiger partial charge on any atom is -0.391 e. The molecule has 26 heavy (non-hydrogen) atoms. The summed E-state index contributed by atoms with van der Waals surface area (Å²) in [4.78, 5) is 26.7. The largest absolute Gasteiger partial charge is 0.391 e. The number of β-amino-alcohol motifs (C(OH)–C–C–N with tert-alkyl or cyclic N) is 1. The zero-order valence-corrected chi connectivity index (χ0v) is 14.5. The number of anilines is 1. The third kappa shape index (κ3) is 3.82. The highest BCUT2D eigenvalue weighted by Crippen LogP contribution is 2.36. The molecule has 1 atom stereocenters. The monoisotopic (exact) mass is 357 g/mol. The van der Waals surface area contributed by atoms with Gasteiger partial charge in [-0.25, -0.2) is 15.0 Å². The van der Waals surface area contributed by atoms with Crippen LogP contribution in [0.25, 0.3) is 0 Å². The maximum Gasteiger partial charge on any atom is 0.222 e. The third-order valence-electron chi connectivity index (χ3n) is 5.12. The van der Waals surface area contributed by atoms with Gasteiger partial charge < -0.3 is 15.3 Å². The van der Waals surface area contributed by atoms with Crippen LogP contribution in [-0.4, -0.2) is 61.0 Å². The second kappa shape index (κ2) is 7.36.